The molecule has 1 aliphatic rings. The maximum atomic E-state index is 13.6. The van der Waals surface area contributed by atoms with Crippen LogP contribution in [0.5, 0.6) is 0 Å². The summed E-state index contributed by atoms with van der Waals surface area (Å²) in [7, 11) is 0. The highest BCUT2D eigenvalue weighted by atomic mass is 35.5. The molecule has 0 spiro atoms. The minimum Gasteiger partial charge on any atom is -0.459 e. The molecule has 0 radical (unpaired) electrons. The molecule has 0 N–H and O–H groups in total. The topological polar surface area (TPSA) is 131 Å². The fourth-order valence-electron chi connectivity index (χ4n) is 6.57. The van der Waals surface area contributed by atoms with Crippen molar-refractivity contribution in [2.75, 3.05) is 72.0 Å². The normalized spacial score (nSPS) is 18.1. The Labute approximate surface area is 340 Å². The van der Waals surface area contributed by atoms with Gasteiger partial charge in [-0.1, -0.05) is 45.0 Å². The van der Waals surface area contributed by atoms with E-state index >= 15 is 0 Å². The van der Waals surface area contributed by atoms with Gasteiger partial charge in [0.25, 0.3) is 0 Å². The Morgan fingerprint density at radius 2 is 1.09 bits per heavy atom. The molecule has 1 unspecified atom stereocenters. The highest BCUT2D eigenvalue weighted by Crippen LogP contribution is 2.21. The number of esters is 3. The van der Waals surface area contributed by atoms with Crippen LogP contribution in [0, 0.1) is 5.41 Å². The van der Waals surface area contributed by atoms with Crippen molar-refractivity contribution in [3.63, 3.8) is 0 Å². The van der Waals surface area contributed by atoms with Gasteiger partial charge in [-0.15, -0.1) is 0 Å². The minimum atomic E-state index is -0.643. The molecule has 1 fully saturated rings. The van der Waals surface area contributed by atoms with Crippen LogP contribution in [0.4, 0.5) is 0 Å². The summed E-state index contributed by atoms with van der Waals surface area (Å²) in [5.41, 5.74) is 0.256. The lowest BCUT2D eigenvalue weighted by atomic mass is 9.95. The van der Waals surface area contributed by atoms with E-state index in [4.69, 9.17) is 25.8 Å². The molecule has 2 aromatic rings. The summed E-state index contributed by atoms with van der Waals surface area (Å²) in [6, 6.07) is 8.28. The second kappa shape index (κ2) is 20.5. The van der Waals surface area contributed by atoms with Crippen LogP contribution in [0.25, 0.3) is 0 Å². The van der Waals surface area contributed by atoms with E-state index in [2.05, 4.69) is 79.6 Å². The number of hydrogen-bond acceptors (Lipinski definition) is 13. The van der Waals surface area contributed by atoms with Crippen molar-refractivity contribution in [3.8, 4) is 0 Å². The first-order chi connectivity index (χ1) is 25.8. The van der Waals surface area contributed by atoms with E-state index in [1.165, 1.54) is 6.33 Å². The summed E-state index contributed by atoms with van der Waals surface area (Å²) in [5.74, 6) is -0.316. The summed E-state index contributed by atoms with van der Waals surface area (Å²) in [6.07, 6.45) is 2.59. The van der Waals surface area contributed by atoms with Gasteiger partial charge in [-0.3, -0.25) is 34.0 Å². The molecular weight excluding hydrogens is 734 g/mol. The molecule has 314 valence electrons. The summed E-state index contributed by atoms with van der Waals surface area (Å²) < 4.78 is 17.3. The third-order valence-corrected chi connectivity index (χ3v) is 8.78. The number of ether oxygens (including phenoxy) is 3. The van der Waals surface area contributed by atoms with E-state index in [1.54, 1.807) is 0 Å². The Morgan fingerprint density at radius 1 is 0.643 bits per heavy atom. The Kier molecular flexibility index (Phi) is 17.2. The average Bonchev–Trinajstić information content (AvgIpc) is 3.00. The molecule has 1 atom stereocenters. The molecule has 0 saturated carbocycles. The van der Waals surface area contributed by atoms with Crippen LogP contribution < -0.4 is 0 Å². The predicted molar refractivity (Wildman–Crippen MR) is 219 cm³/mol. The fourth-order valence-corrected chi connectivity index (χ4v) is 6.71. The number of carbonyl (C=O) groups is 3. The lowest BCUT2D eigenvalue weighted by molar-refractivity contribution is -0.159. The first kappa shape index (κ1) is 47.1. The molecule has 3 rings (SSSR count). The lowest BCUT2D eigenvalue weighted by Gasteiger charge is -2.40. The van der Waals surface area contributed by atoms with E-state index in [1.807, 2.05) is 62.3 Å². The van der Waals surface area contributed by atoms with Crippen LogP contribution in [0.15, 0.2) is 30.6 Å². The van der Waals surface area contributed by atoms with Crippen LogP contribution in [0.3, 0.4) is 0 Å². The smallest absolute Gasteiger partial charge is 0.320 e. The van der Waals surface area contributed by atoms with Crippen molar-refractivity contribution in [2.24, 2.45) is 5.41 Å². The zero-order chi connectivity index (χ0) is 41.9. The molecule has 1 aliphatic heterocycles. The maximum Gasteiger partial charge on any atom is 0.320 e. The first-order valence-electron chi connectivity index (χ1n) is 19.8. The van der Waals surface area contributed by atoms with Crippen molar-refractivity contribution in [1.82, 2.24) is 34.6 Å². The number of carbonyl (C=O) groups excluding carboxylic acids is 3. The summed E-state index contributed by atoms with van der Waals surface area (Å²) in [5, 5.41) is 0.164. The van der Waals surface area contributed by atoms with E-state index in [0.717, 1.165) is 17.7 Å². The number of aromatic nitrogens is 3. The van der Waals surface area contributed by atoms with Crippen molar-refractivity contribution < 1.29 is 28.6 Å². The van der Waals surface area contributed by atoms with Crippen LogP contribution >= 0.6 is 11.6 Å². The molecule has 1 aromatic heterocycles. The van der Waals surface area contributed by atoms with Gasteiger partial charge in [0.05, 0.1) is 19.6 Å². The van der Waals surface area contributed by atoms with Gasteiger partial charge in [-0.25, -0.2) is 15.0 Å². The summed E-state index contributed by atoms with van der Waals surface area (Å²) >= 11 is 6.01. The molecule has 14 heteroatoms. The molecule has 0 aliphatic carbocycles. The number of hydrogen-bond donors (Lipinski definition) is 0. The Morgan fingerprint density at radius 3 is 1.55 bits per heavy atom. The van der Waals surface area contributed by atoms with Gasteiger partial charge in [0, 0.05) is 64.8 Å². The highest BCUT2D eigenvalue weighted by molar-refractivity contribution is 6.28. The molecule has 0 amide bonds. The SMILES string of the molecule is CC(C)(C)CN1CCN(CC(=O)OC(C)(C)C)CCN(CC(=O)OC(C)(C)C)CCN(CC(=O)OC(C)(C)C)C(Cc2ccc(Cc3ncnc(Cl)n3)cc2)C1. The highest BCUT2D eigenvalue weighted by Gasteiger charge is 2.31. The second-order valence-corrected chi connectivity index (χ2v) is 19.4. The van der Waals surface area contributed by atoms with E-state index < -0.39 is 16.8 Å². The third-order valence-electron chi connectivity index (χ3n) is 8.60. The molecule has 13 nitrogen and oxygen atoms in total. The molecule has 0 bridgehead atoms. The van der Waals surface area contributed by atoms with Gasteiger partial charge in [-0.2, -0.15) is 0 Å². The Hall–Kier alpha value is -3.23. The van der Waals surface area contributed by atoms with Gasteiger partial charge >= 0.3 is 17.9 Å². The largest absolute Gasteiger partial charge is 0.459 e. The van der Waals surface area contributed by atoms with Crippen molar-refractivity contribution in [2.45, 2.75) is 119 Å². The third kappa shape index (κ3) is 19.8. The number of benzene rings is 1. The monoisotopic (exact) mass is 801 g/mol. The standard InChI is InChI=1S/C42H68ClN7O6/c1-39(2,3)29-49-20-19-47(26-35(51)54-40(4,5)6)17-18-48(27-36(52)55-41(7,8)9)21-22-50(28-37(53)56-42(10,11)12)33(25-49)23-31-13-15-32(16-14-31)24-34-44-30-45-38(43)46-34/h13-16,30,33H,17-29H2,1-12H3. The number of nitrogens with zero attached hydrogens (tertiary/aromatic N) is 7. The van der Waals surface area contributed by atoms with Gasteiger partial charge in [0.2, 0.25) is 5.28 Å². The van der Waals surface area contributed by atoms with Gasteiger partial charge in [-0.05, 0) is 96.9 Å². The van der Waals surface area contributed by atoms with Crippen LogP contribution in [-0.2, 0) is 41.4 Å². The molecular formula is C42H68ClN7O6. The van der Waals surface area contributed by atoms with Crippen LogP contribution in [-0.4, -0.2) is 147 Å². The number of halogens is 1. The predicted octanol–water partition coefficient (Wildman–Crippen LogP) is 5.32. The lowest BCUT2D eigenvalue weighted by Crippen LogP contribution is -2.54. The fraction of sp³-hybridized carbons (Fsp3) is 0.714. The van der Waals surface area contributed by atoms with E-state index in [0.29, 0.717) is 64.5 Å². The van der Waals surface area contributed by atoms with Gasteiger partial charge < -0.3 is 14.2 Å². The first-order valence-corrected chi connectivity index (χ1v) is 20.2. The number of rotatable bonds is 11. The van der Waals surface area contributed by atoms with Crippen LogP contribution in [0.2, 0.25) is 5.28 Å². The summed E-state index contributed by atoms with van der Waals surface area (Å²) in [6.45, 7) is 28.6. The zero-order valence-corrected chi connectivity index (χ0v) is 36.9. The second-order valence-electron chi connectivity index (χ2n) is 19.1. The molecule has 1 saturated heterocycles. The quantitative estimate of drug-likeness (QED) is 0.215. The molecule has 1 aromatic carbocycles. The van der Waals surface area contributed by atoms with E-state index in [-0.39, 0.29) is 54.3 Å². The van der Waals surface area contributed by atoms with Gasteiger partial charge in [0.15, 0.2) is 0 Å². The van der Waals surface area contributed by atoms with Crippen molar-refractivity contribution >= 4 is 29.5 Å². The van der Waals surface area contributed by atoms with E-state index in [9.17, 15) is 14.4 Å². The Balaban J connectivity index is 2.02. The van der Waals surface area contributed by atoms with Crippen molar-refractivity contribution in [3.05, 3.63) is 52.8 Å². The molecule has 2 heterocycles. The van der Waals surface area contributed by atoms with Crippen LogP contribution in [0.1, 0.15) is 100 Å². The average molecular weight is 803 g/mol. The summed E-state index contributed by atoms with van der Waals surface area (Å²) in [4.78, 5) is 61.2. The minimum absolute atomic E-state index is 0.0165. The zero-order valence-electron chi connectivity index (χ0n) is 36.1. The van der Waals surface area contributed by atoms with Crippen molar-refractivity contribution in [1.29, 1.82) is 0 Å². The molecule has 56 heavy (non-hydrogen) atoms. The van der Waals surface area contributed by atoms with Gasteiger partial charge in [0.1, 0.15) is 29.0 Å². The maximum absolute atomic E-state index is 13.6. The Bertz CT molecular complexity index is 1560.